The molecule has 4 rings (SSSR count). The highest BCUT2D eigenvalue weighted by Crippen LogP contribution is 2.29. The van der Waals surface area contributed by atoms with Gasteiger partial charge in [0.05, 0.1) is 35.7 Å². The van der Waals surface area contributed by atoms with E-state index in [9.17, 15) is 24.5 Å². The lowest BCUT2D eigenvalue weighted by atomic mass is 9.81. The van der Waals surface area contributed by atoms with Crippen LogP contribution in [0.1, 0.15) is 12.0 Å². The van der Waals surface area contributed by atoms with Crippen molar-refractivity contribution in [2.75, 3.05) is 17.7 Å². The molecular formula is C22H24N6O6. The van der Waals surface area contributed by atoms with Gasteiger partial charge in [-0.25, -0.2) is 0 Å². The van der Waals surface area contributed by atoms with Crippen LogP contribution in [0.15, 0.2) is 42.5 Å². The van der Waals surface area contributed by atoms with Gasteiger partial charge in [0.1, 0.15) is 5.75 Å². The fraction of sp³-hybridized carbons (Fsp3) is 0.318. The minimum atomic E-state index is -0.966. The average molecular weight is 468 g/mol. The van der Waals surface area contributed by atoms with Crippen LogP contribution >= 0.6 is 0 Å². The third-order valence-electron chi connectivity index (χ3n) is 5.88. The van der Waals surface area contributed by atoms with Gasteiger partial charge in [0, 0.05) is 24.2 Å². The summed E-state index contributed by atoms with van der Waals surface area (Å²) in [7, 11) is 1.56. The molecule has 178 valence electrons. The number of rotatable bonds is 6. The van der Waals surface area contributed by atoms with Crippen LogP contribution in [0.2, 0.25) is 0 Å². The summed E-state index contributed by atoms with van der Waals surface area (Å²) >= 11 is 0. The number of non-ortho nitro benzene ring substituents is 1. The monoisotopic (exact) mass is 468 g/mol. The Hall–Kier alpha value is -4.19. The molecule has 4 unspecified atom stereocenters. The van der Waals surface area contributed by atoms with Gasteiger partial charge < -0.3 is 26.0 Å². The topological polar surface area (TPSA) is 164 Å². The van der Waals surface area contributed by atoms with E-state index in [0.29, 0.717) is 17.0 Å². The van der Waals surface area contributed by atoms with E-state index in [1.54, 1.807) is 38.3 Å². The van der Waals surface area contributed by atoms with Crippen LogP contribution < -0.4 is 31.3 Å². The molecule has 2 fully saturated rings. The zero-order valence-electron chi connectivity index (χ0n) is 18.5. The van der Waals surface area contributed by atoms with Crippen LogP contribution in [0.4, 0.5) is 17.1 Å². The first-order valence-corrected chi connectivity index (χ1v) is 10.6. The maximum absolute atomic E-state index is 13.1. The Bertz CT molecular complexity index is 1140. The fourth-order valence-electron chi connectivity index (χ4n) is 4.09. The number of amides is 3. The normalized spacial score (nSPS) is 23.7. The van der Waals surface area contributed by atoms with Crippen molar-refractivity contribution >= 4 is 34.8 Å². The van der Waals surface area contributed by atoms with Crippen molar-refractivity contribution in [1.82, 2.24) is 16.0 Å². The predicted molar refractivity (Wildman–Crippen MR) is 122 cm³/mol. The number of ether oxygens (including phenoxy) is 1. The highest BCUT2D eigenvalue weighted by atomic mass is 16.6. The third-order valence-corrected chi connectivity index (χ3v) is 5.88. The molecule has 12 heteroatoms. The number of piperidine rings is 1. The number of nitro benzene ring substituents is 1. The number of hydrogen-bond acceptors (Lipinski definition) is 8. The highest BCUT2D eigenvalue weighted by molar-refractivity contribution is 6.00. The van der Waals surface area contributed by atoms with E-state index >= 15 is 0 Å². The summed E-state index contributed by atoms with van der Waals surface area (Å²) in [5, 5.41) is 25.5. The van der Waals surface area contributed by atoms with E-state index < -0.39 is 41.0 Å². The van der Waals surface area contributed by atoms with Crippen LogP contribution in [0.3, 0.4) is 0 Å². The van der Waals surface area contributed by atoms with Gasteiger partial charge in [-0.05, 0) is 36.8 Å². The Labute approximate surface area is 194 Å². The summed E-state index contributed by atoms with van der Waals surface area (Å²) in [4.78, 5) is 48.9. The first-order chi connectivity index (χ1) is 16.2. The molecular weight excluding hydrogens is 444 g/mol. The number of fused-ring (bicyclic) bond motifs is 1. The minimum absolute atomic E-state index is 0.176. The Kier molecular flexibility index (Phi) is 6.32. The number of methoxy groups -OCH3 is 1. The largest absolute Gasteiger partial charge is 0.497 e. The van der Waals surface area contributed by atoms with Crippen molar-refractivity contribution in [1.29, 1.82) is 0 Å². The number of anilines is 2. The molecule has 0 bridgehead atoms. The minimum Gasteiger partial charge on any atom is -0.497 e. The molecule has 0 aromatic heterocycles. The molecule has 2 aliphatic heterocycles. The second-order valence-electron chi connectivity index (χ2n) is 8.11. The molecule has 4 atom stereocenters. The summed E-state index contributed by atoms with van der Waals surface area (Å²) < 4.78 is 5.13. The Balaban J connectivity index is 1.49. The molecule has 0 spiro atoms. The van der Waals surface area contributed by atoms with Gasteiger partial charge in [0.25, 0.3) is 5.69 Å². The lowest BCUT2D eigenvalue weighted by Crippen LogP contribution is -2.72. The molecule has 2 aromatic carbocycles. The Morgan fingerprint density at radius 2 is 1.88 bits per heavy atom. The number of aryl methyl sites for hydroxylation is 1. The summed E-state index contributed by atoms with van der Waals surface area (Å²) in [6.45, 7) is 1.69. The first-order valence-electron chi connectivity index (χ1n) is 10.6. The summed E-state index contributed by atoms with van der Waals surface area (Å²) in [6, 6.07) is 11.2. The van der Waals surface area contributed by atoms with Crippen LogP contribution in [-0.2, 0) is 14.4 Å². The number of nitro groups is 1. The molecule has 2 aliphatic rings. The molecule has 2 heterocycles. The van der Waals surface area contributed by atoms with Crippen molar-refractivity contribution < 1.29 is 24.0 Å². The maximum atomic E-state index is 13.1. The molecule has 0 saturated carbocycles. The summed E-state index contributed by atoms with van der Waals surface area (Å²) in [5.41, 5.74) is 1.40. The van der Waals surface area contributed by atoms with Crippen molar-refractivity contribution in [2.45, 2.75) is 25.8 Å². The first kappa shape index (κ1) is 23.0. The van der Waals surface area contributed by atoms with Gasteiger partial charge in [-0.3, -0.25) is 29.8 Å². The third kappa shape index (κ3) is 4.76. The lowest BCUT2D eigenvalue weighted by Gasteiger charge is -2.43. The number of carbonyl (C=O) groups is 3. The second-order valence-corrected chi connectivity index (χ2v) is 8.11. The molecule has 2 saturated heterocycles. The van der Waals surface area contributed by atoms with Crippen molar-refractivity contribution in [2.24, 2.45) is 11.8 Å². The molecule has 12 nitrogen and oxygen atoms in total. The van der Waals surface area contributed by atoms with Crippen LogP contribution in [0, 0.1) is 28.9 Å². The van der Waals surface area contributed by atoms with Gasteiger partial charge in [0.2, 0.25) is 17.7 Å². The van der Waals surface area contributed by atoms with Gasteiger partial charge in [0.15, 0.2) is 6.29 Å². The van der Waals surface area contributed by atoms with Crippen molar-refractivity contribution in [3.63, 3.8) is 0 Å². The molecule has 2 aromatic rings. The molecule has 5 N–H and O–H groups in total. The van der Waals surface area contributed by atoms with E-state index in [4.69, 9.17) is 4.74 Å². The van der Waals surface area contributed by atoms with E-state index in [1.807, 2.05) is 0 Å². The Morgan fingerprint density at radius 3 is 2.56 bits per heavy atom. The summed E-state index contributed by atoms with van der Waals surface area (Å²) in [6.07, 6.45) is -1.66. The van der Waals surface area contributed by atoms with Crippen molar-refractivity contribution in [3.05, 3.63) is 58.1 Å². The van der Waals surface area contributed by atoms with Crippen LogP contribution in [0.5, 0.6) is 5.75 Å². The van der Waals surface area contributed by atoms with Crippen LogP contribution in [0.25, 0.3) is 0 Å². The quantitative estimate of drug-likeness (QED) is 0.310. The van der Waals surface area contributed by atoms with Gasteiger partial charge in [-0.15, -0.1) is 0 Å². The summed E-state index contributed by atoms with van der Waals surface area (Å²) in [5.74, 6) is -2.52. The Morgan fingerprint density at radius 1 is 1.15 bits per heavy atom. The van der Waals surface area contributed by atoms with E-state index in [-0.39, 0.29) is 23.7 Å². The number of hydrogen-bond donors (Lipinski definition) is 5. The molecule has 3 amide bonds. The van der Waals surface area contributed by atoms with E-state index in [0.717, 1.165) is 0 Å². The van der Waals surface area contributed by atoms with E-state index in [1.165, 1.54) is 18.2 Å². The van der Waals surface area contributed by atoms with E-state index in [2.05, 4.69) is 26.6 Å². The standard InChI is InChI=1S/C22H24N6O6/c1-11-3-6-13(28(32)33)9-16(11)24-20(30)15-10-17(29)25-19-18(15)21(31)27-22(26-19)23-12-4-7-14(34-2)8-5-12/h3-9,15,18-19,22-23,26H,10H2,1-2H3,(H,24,30)(H,25,29)(H,27,31). The number of nitrogens with one attached hydrogen (secondary N) is 5. The second kappa shape index (κ2) is 9.35. The molecule has 34 heavy (non-hydrogen) atoms. The van der Waals surface area contributed by atoms with Crippen molar-refractivity contribution in [3.8, 4) is 5.75 Å². The smallest absolute Gasteiger partial charge is 0.271 e. The zero-order valence-corrected chi connectivity index (χ0v) is 18.5. The number of benzene rings is 2. The molecule has 0 aliphatic carbocycles. The average Bonchev–Trinajstić information content (AvgIpc) is 2.80. The lowest BCUT2D eigenvalue weighted by molar-refractivity contribution is -0.384. The van der Waals surface area contributed by atoms with Gasteiger partial charge in [-0.2, -0.15) is 0 Å². The maximum Gasteiger partial charge on any atom is 0.271 e. The van der Waals surface area contributed by atoms with Crippen LogP contribution in [-0.4, -0.2) is 42.2 Å². The SMILES string of the molecule is COc1ccc(NC2NC(=O)C3C(NC(=O)CC3C(=O)Nc3cc([N+](=O)[O-])ccc3C)N2)cc1. The fourth-order valence-corrected chi connectivity index (χ4v) is 4.09. The zero-order chi connectivity index (χ0) is 24.4. The highest BCUT2D eigenvalue weighted by Gasteiger charge is 2.48. The van der Waals surface area contributed by atoms with Gasteiger partial charge in [-0.1, -0.05) is 6.07 Å². The number of carbonyl (C=O) groups excluding carboxylic acids is 3. The predicted octanol–water partition coefficient (Wildman–Crippen LogP) is 1.04. The number of nitrogens with zero attached hydrogens (tertiary/aromatic N) is 1. The molecule has 0 radical (unpaired) electrons. The van der Waals surface area contributed by atoms with Gasteiger partial charge >= 0.3 is 0 Å².